The molecule has 0 saturated heterocycles. The van der Waals surface area contributed by atoms with Crippen molar-refractivity contribution in [3.05, 3.63) is 277 Å². The number of hydrogen-bond acceptors (Lipinski definition) is 2. The summed E-state index contributed by atoms with van der Waals surface area (Å²) in [4.78, 5) is 10.4. The minimum absolute atomic E-state index is 0.440. The van der Waals surface area contributed by atoms with E-state index in [1.807, 2.05) is 24.3 Å². The summed E-state index contributed by atoms with van der Waals surface area (Å²) in [5, 5.41) is 2.32. The highest BCUT2D eigenvalue weighted by atomic mass is 14.9. The normalized spacial score (nSPS) is 12.4. The van der Waals surface area contributed by atoms with Gasteiger partial charge in [-0.3, -0.25) is 0 Å². The zero-order valence-corrected chi connectivity index (χ0v) is 35.6. The monoisotopic (exact) mass is 826 g/mol. The van der Waals surface area contributed by atoms with E-state index in [2.05, 4.69) is 231 Å². The van der Waals surface area contributed by atoms with Crippen LogP contribution in [0.15, 0.2) is 255 Å². The largest absolute Gasteiger partial charge is 0.228 e. The lowest BCUT2D eigenvalue weighted by atomic mass is 9.67. The van der Waals surface area contributed by atoms with Crippen molar-refractivity contribution < 1.29 is 0 Å². The van der Waals surface area contributed by atoms with Gasteiger partial charge in [-0.2, -0.15) is 0 Å². The summed E-state index contributed by atoms with van der Waals surface area (Å²) in [7, 11) is 0. The summed E-state index contributed by atoms with van der Waals surface area (Å²) >= 11 is 0. The van der Waals surface area contributed by atoms with Crippen LogP contribution in [0.4, 0.5) is 0 Å². The first-order valence-electron chi connectivity index (χ1n) is 22.3. The number of hydrogen-bond donors (Lipinski definition) is 0. The van der Waals surface area contributed by atoms with E-state index in [0.717, 1.165) is 33.5 Å². The molecule has 0 unspecified atom stereocenters. The number of aromatic nitrogens is 2. The maximum absolute atomic E-state index is 5.24. The Hall–Kier alpha value is -8.46. The lowest BCUT2D eigenvalue weighted by molar-refractivity contribution is 0.769. The first kappa shape index (κ1) is 38.2. The van der Waals surface area contributed by atoms with Crippen LogP contribution in [0.3, 0.4) is 0 Å². The summed E-state index contributed by atoms with van der Waals surface area (Å²) in [6.45, 7) is 0. The molecule has 2 heteroatoms. The van der Waals surface area contributed by atoms with Crippen molar-refractivity contribution in [3.8, 4) is 78.4 Å². The van der Waals surface area contributed by atoms with Gasteiger partial charge in [-0.25, -0.2) is 9.97 Å². The third-order valence-electron chi connectivity index (χ3n) is 13.2. The average molecular weight is 827 g/mol. The zero-order valence-electron chi connectivity index (χ0n) is 35.6. The van der Waals surface area contributed by atoms with Gasteiger partial charge in [0.1, 0.15) is 0 Å². The Kier molecular flexibility index (Phi) is 9.43. The van der Waals surface area contributed by atoms with E-state index in [1.165, 1.54) is 72.1 Å². The van der Waals surface area contributed by atoms with Crippen molar-refractivity contribution in [2.45, 2.75) is 5.41 Å². The van der Waals surface area contributed by atoms with Crippen molar-refractivity contribution in [3.63, 3.8) is 0 Å². The molecule has 1 aromatic heterocycles. The second kappa shape index (κ2) is 16.0. The Balaban J connectivity index is 0.933. The fraction of sp³-hybridized carbons (Fsp3) is 0.0159. The van der Waals surface area contributed by atoms with Gasteiger partial charge in [-0.15, -0.1) is 0 Å². The Morgan fingerprint density at radius 3 is 1.34 bits per heavy atom. The molecule has 11 aromatic rings. The molecule has 0 N–H and O–H groups in total. The fourth-order valence-corrected chi connectivity index (χ4v) is 10.2. The first-order valence-corrected chi connectivity index (χ1v) is 22.3. The molecule has 0 aliphatic heterocycles. The van der Waals surface area contributed by atoms with Crippen molar-refractivity contribution in [2.75, 3.05) is 0 Å². The smallest absolute Gasteiger partial charge is 0.160 e. The number of nitrogens with zero attached hydrogens (tertiary/aromatic N) is 2. The van der Waals surface area contributed by atoms with Crippen LogP contribution in [0.2, 0.25) is 0 Å². The topological polar surface area (TPSA) is 25.8 Å². The molecule has 1 heterocycles. The Morgan fingerprint density at radius 2 is 0.677 bits per heavy atom. The highest BCUT2D eigenvalue weighted by molar-refractivity contribution is 6.05. The van der Waals surface area contributed by atoms with Gasteiger partial charge in [0.15, 0.2) is 5.82 Å². The van der Waals surface area contributed by atoms with E-state index in [1.54, 1.807) is 0 Å². The van der Waals surface area contributed by atoms with Gasteiger partial charge in [-0.05, 0) is 89.7 Å². The van der Waals surface area contributed by atoms with Gasteiger partial charge in [0.05, 0.1) is 16.8 Å². The SMILES string of the molecule is c1ccc(-c2ccc(-c3cc(-c4ccc(-c5ccc(-c6ccc7c(c6)C(c6ccccc6)(c6ccccc6)c6ccccc6-7)cc5)c5ccccc45)nc(-c4ccccc4)n3)cc2)cc1. The maximum atomic E-state index is 5.24. The van der Waals surface area contributed by atoms with Crippen molar-refractivity contribution in [2.24, 2.45) is 0 Å². The summed E-state index contributed by atoms with van der Waals surface area (Å²) in [5.74, 6) is 0.703. The lowest BCUT2D eigenvalue weighted by Gasteiger charge is -2.34. The second-order valence-electron chi connectivity index (χ2n) is 16.8. The second-order valence-corrected chi connectivity index (χ2v) is 16.8. The molecule has 1 aliphatic carbocycles. The van der Waals surface area contributed by atoms with E-state index in [4.69, 9.17) is 9.97 Å². The molecule has 10 aromatic carbocycles. The third-order valence-corrected chi connectivity index (χ3v) is 13.2. The van der Waals surface area contributed by atoms with Crippen LogP contribution in [0.5, 0.6) is 0 Å². The summed E-state index contributed by atoms with van der Waals surface area (Å²) in [5.41, 5.74) is 19.3. The van der Waals surface area contributed by atoms with Gasteiger partial charge in [0, 0.05) is 16.7 Å². The van der Waals surface area contributed by atoms with Gasteiger partial charge < -0.3 is 0 Å². The molecule has 12 rings (SSSR count). The first-order chi connectivity index (χ1) is 32.2. The Labute approximate surface area is 379 Å². The molecular weight excluding hydrogens is 785 g/mol. The fourth-order valence-electron chi connectivity index (χ4n) is 10.2. The molecule has 0 atom stereocenters. The minimum atomic E-state index is -0.440. The van der Waals surface area contributed by atoms with Crippen LogP contribution < -0.4 is 0 Å². The number of fused-ring (bicyclic) bond motifs is 4. The lowest BCUT2D eigenvalue weighted by Crippen LogP contribution is -2.28. The summed E-state index contributed by atoms with van der Waals surface area (Å²) < 4.78 is 0. The Bertz CT molecular complexity index is 3450. The highest BCUT2D eigenvalue weighted by Crippen LogP contribution is 2.56. The molecule has 304 valence electrons. The zero-order chi connectivity index (χ0) is 43.2. The molecule has 0 fully saturated rings. The Morgan fingerprint density at radius 1 is 0.246 bits per heavy atom. The van der Waals surface area contributed by atoms with Crippen LogP contribution in [-0.2, 0) is 5.41 Å². The molecule has 0 amide bonds. The molecule has 1 aliphatic rings. The van der Waals surface area contributed by atoms with Gasteiger partial charge >= 0.3 is 0 Å². The summed E-state index contributed by atoms with van der Waals surface area (Å²) in [6.07, 6.45) is 0. The van der Waals surface area contributed by atoms with Crippen LogP contribution in [-0.4, -0.2) is 9.97 Å². The van der Waals surface area contributed by atoms with E-state index in [-0.39, 0.29) is 0 Å². The molecule has 0 radical (unpaired) electrons. The van der Waals surface area contributed by atoms with Gasteiger partial charge in [-0.1, -0.05) is 243 Å². The summed E-state index contributed by atoms with van der Waals surface area (Å²) in [6, 6.07) is 91.9. The van der Waals surface area contributed by atoms with Gasteiger partial charge in [0.25, 0.3) is 0 Å². The minimum Gasteiger partial charge on any atom is -0.228 e. The predicted molar refractivity (Wildman–Crippen MR) is 269 cm³/mol. The van der Waals surface area contributed by atoms with E-state index >= 15 is 0 Å². The van der Waals surface area contributed by atoms with Crippen LogP contribution >= 0.6 is 0 Å². The average Bonchev–Trinajstić information content (AvgIpc) is 3.70. The van der Waals surface area contributed by atoms with Crippen LogP contribution in [0, 0.1) is 0 Å². The van der Waals surface area contributed by atoms with Crippen molar-refractivity contribution >= 4 is 10.8 Å². The number of benzene rings is 10. The molecule has 65 heavy (non-hydrogen) atoms. The molecule has 0 saturated carbocycles. The predicted octanol–water partition coefficient (Wildman–Crippen LogP) is 16.0. The number of rotatable bonds is 8. The van der Waals surface area contributed by atoms with Crippen molar-refractivity contribution in [1.29, 1.82) is 0 Å². The maximum Gasteiger partial charge on any atom is 0.160 e. The van der Waals surface area contributed by atoms with E-state index < -0.39 is 5.41 Å². The molecular formula is C63H42N2. The van der Waals surface area contributed by atoms with Crippen LogP contribution in [0.1, 0.15) is 22.3 Å². The molecule has 2 nitrogen and oxygen atoms in total. The van der Waals surface area contributed by atoms with Gasteiger partial charge in [0.2, 0.25) is 0 Å². The standard InChI is InChI=1S/C63H42N2/c1-5-17-43(18-6-1)44-31-35-47(36-32-44)60-42-61(65-62(64-60)48-19-7-2-8-20-48)57-40-39-52(53-25-13-14-26-54(53)57)46-33-29-45(30-34-46)49-37-38-56-55-27-15-16-28-58(55)63(59(56)41-49,50-21-9-3-10-22-50)51-23-11-4-12-24-51/h1-42H. The van der Waals surface area contributed by atoms with E-state index in [0.29, 0.717) is 5.82 Å². The quantitative estimate of drug-likeness (QED) is 0.152. The van der Waals surface area contributed by atoms with E-state index in [9.17, 15) is 0 Å². The highest BCUT2D eigenvalue weighted by Gasteiger charge is 2.46. The molecule has 0 spiro atoms. The third kappa shape index (κ3) is 6.58. The molecule has 0 bridgehead atoms. The van der Waals surface area contributed by atoms with Crippen LogP contribution in [0.25, 0.3) is 89.2 Å². The van der Waals surface area contributed by atoms with Crippen molar-refractivity contribution in [1.82, 2.24) is 9.97 Å².